The lowest BCUT2D eigenvalue weighted by molar-refractivity contribution is -0.140. The van der Waals surface area contributed by atoms with Crippen molar-refractivity contribution in [3.63, 3.8) is 0 Å². The molecule has 0 fully saturated rings. The smallest absolute Gasteiger partial charge is 0.346 e. The SMILES string of the molecule is O=C(Nc1cccc(Nc2ncccc2-c2ncnc3[nH]ccc23)c1)c1ccc(F)c(C(F)(F)F)c1. The second-order valence-electron chi connectivity index (χ2n) is 7.71. The predicted molar refractivity (Wildman–Crippen MR) is 126 cm³/mol. The maximum atomic E-state index is 13.6. The third-order valence-corrected chi connectivity index (χ3v) is 5.33. The number of rotatable bonds is 5. The summed E-state index contributed by atoms with van der Waals surface area (Å²) in [6, 6.07) is 14.1. The summed E-state index contributed by atoms with van der Waals surface area (Å²) in [5, 5.41) is 6.53. The Kier molecular flexibility index (Phi) is 5.80. The number of carbonyl (C=O) groups is 1. The molecule has 3 heterocycles. The fourth-order valence-corrected chi connectivity index (χ4v) is 3.68. The largest absolute Gasteiger partial charge is 0.419 e. The third-order valence-electron chi connectivity index (χ3n) is 5.33. The number of amides is 1. The Morgan fingerprint density at radius 1 is 0.917 bits per heavy atom. The van der Waals surface area contributed by atoms with Crippen molar-refractivity contribution in [1.82, 2.24) is 19.9 Å². The minimum Gasteiger partial charge on any atom is -0.346 e. The molecule has 5 rings (SSSR count). The van der Waals surface area contributed by atoms with Crippen molar-refractivity contribution in [1.29, 1.82) is 0 Å². The molecule has 0 radical (unpaired) electrons. The zero-order valence-electron chi connectivity index (χ0n) is 18.3. The number of aromatic nitrogens is 4. The number of fused-ring (bicyclic) bond motifs is 1. The molecular formula is C25H16F4N6O. The van der Waals surface area contributed by atoms with Gasteiger partial charge in [-0.05, 0) is 54.6 Å². The zero-order valence-corrected chi connectivity index (χ0v) is 18.3. The average molecular weight is 492 g/mol. The number of halogens is 4. The monoisotopic (exact) mass is 492 g/mol. The van der Waals surface area contributed by atoms with E-state index in [1.54, 1.807) is 42.7 Å². The van der Waals surface area contributed by atoms with Crippen LogP contribution in [-0.4, -0.2) is 25.8 Å². The first-order valence-corrected chi connectivity index (χ1v) is 10.6. The zero-order chi connectivity index (χ0) is 25.3. The van der Waals surface area contributed by atoms with Crippen LogP contribution in [0.3, 0.4) is 0 Å². The van der Waals surface area contributed by atoms with Gasteiger partial charge in [0.2, 0.25) is 0 Å². The van der Waals surface area contributed by atoms with Gasteiger partial charge in [-0.25, -0.2) is 19.3 Å². The summed E-state index contributed by atoms with van der Waals surface area (Å²) in [5.74, 6) is -1.76. The number of nitrogens with zero attached hydrogens (tertiary/aromatic N) is 3. The first-order valence-electron chi connectivity index (χ1n) is 10.6. The predicted octanol–water partition coefficient (Wildman–Crippen LogP) is 6.17. The van der Waals surface area contributed by atoms with Crippen LogP contribution in [-0.2, 0) is 6.18 Å². The van der Waals surface area contributed by atoms with Crippen molar-refractivity contribution in [2.45, 2.75) is 6.18 Å². The van der Waals surface area contributed by atoms with Gasteiger partial charge in [-0.2, -0.15) is 13.2 Å². The van der Waals surface area contributed by atoms with Crippen molar-refractivity contribution < 1.29 is 22.4 Å². The highest BCUT2D eigenvalue weighted by molar-refractivity contribution is 6.04. The van der Waals surface area contributed by atoms with Gasteiger partial charge in [0.05, 0.1) is 11.3 Å². The standard InChI is InChI=1S/C25H16F4N6O/c26-20-7-6-14(11-19(20)25(27,28)29)24(36)35-16-4-1-3-15(12-16)34-23-17(5-2-9-30-23)21-18-8-10-31-22(18)33-13-32-21/h1-13H,(H,30,34)(H,35,36)(H,31,32,33). The van der Waals surface area contributed by atoms with Crippen LogP contribution in [0, 0.1) is 5.82 Å². The van der Waals surface area contributed by atoms with Crippen LogP contribution in [0.25, 0.3) is 22.3 Å². The summed E-state index contributed by atoms with van der Waals surface area (Å²) in [6.07, 6.45) is -0.0992. The van der Waals surface area contributed by atoms with Crippen LogP contribution in [0.1, 0.15) is 15.9 Å². The minimum atomic E-state index is -4.92. The lowest BCUT2D eigenvalue weighted by atomic mass is 10.1. The number of H-pyrrole nitrogens is 1. The van der Waals surface area contributed by atoms with Crippen LogP contribution in [0.2, 0.25) is 0 Å². The molecule has 36 heavy (non-hydrogen) atoms. The van der Waals surface area contributed by atoms with Gasteiger partial charge in [0.15, 0.2) is 0 Å². The topological polar surface area (TPSA) is 95.6 Å². The molecule has 1 amide bonds. The van der Waals surface area contributed by atoms with Crippen LogP contribution in [0.15, 0.2) is 79.4 Å². The average Bonchev–Trinajstić information content (AvgIpc) is 3.33. The molecule has 0 aliphatic rings. The molecule has 0 spiro atoms. The van der Waals surface area contributed by atoms with E-state index < -0.39 is 23.5 Å². The Morgan fingerprint density at radius 2 is 1.75 bits per heavy atom. The molecule has 3 N–H and O–H groups in total. The van der Waals surface area contributed by atoms with E-state index in [1.807, 2.05) is 12.1 Å². The van der Waals surface area contributed by atoms with E-state index >= 15 is 0 Å². The van der Waals surface area contributed by atoms with Crippen molar-refractivity contribution in [3.8, 4) is 11.3 Å². The fraction of sp³-hybridized carbons (Fsp3) is 0.0400. The van der Waals surface area contributed by atoms with Gasteiger partial charge < -0.3 is 15.6 Å². The van der Waals surface area contributed by atoms with Gasteiger partial charge in [-0.15, -0.1) is 0 Å². The van der Waals surface area contributed by atoms with E-state index in [1.165, 1.54) is 6.33 Å². The molecule has 2 aromatic carbocycles. The summed E-state index contributed by atoms with van der Waals surface area (Å²) < 4.78 is 52.6. The first kappa shape index (κ1) is 23.0. The van der Waals surface area contributed by atoms with Gasteiger partial charge in [-0.1, -0.05) is 6.07 Å². The number of aromatic amines is 1. The van der Waals surface area contributed by atoms with Gasteiger partial charge in [0.25, 0.3) is 5.91 Å². The lowest BCUT2D eigenvalue weighted by Crippen LogP contribution is -2.15. The summed E-state index contributed by atoms with van der Waals surface area (Å²) in [6.45, 7) is 0. The van der Waals surface area contributed by atoms with Crippen molar-refractivity contribution in [2.24, 2.45) is 0 Å². The first-order chi connectivity index (χ1) is 17.3. The number of pyridine rings is 1. The number of anilines is 3. The number of hydrogen-bond donors (Lipinski definition) is 3. The molecule has 3 aromatic heterocycles. The minimum absolute atomic E-state index is 0.315. The van der Waals surface area contributed by atoms with E-state index in [0.29, 0.717) is 46.2 Å². The van der Waals surface area contributed by atoms with Gasteiger partial charge in [-0.3, -0.25) is 4.79 Å². The molecular weight excluding hydrogens is 476 g/mol. The highest BCUT2D eigenvalue weighted by atomic mass is 19.4. The molecule has 11 heteroatoms. The maximum absolute atomic E-state index is 13.6. The normalized spacial score (nSPS) is 11.4. The molecule has 7 nitrogen and oxygen atoms in total. The van der Waals surface area contributed by atoms with E-state index in [2.05, 4.69) is 30.6 Å². The Morgan fingerprint density at radius 3 is 2.58 bits per heavy atom. The highest BCUT2D eigenvalue weighted by Gasteiger charge is 2.34. The Balaban J connectivity index is 1.40. The molecule has 0 saturated heterocycles. The van der Waals surface area contributed by atoms with Crippen LogP contribution < -0.4 is 10.6 Å². The molecule has 180 valence electrons. The number of nitrogens with one attached hydrogen (secondary N) is 3. The summed E-state index contributed by atoms with van der Waals surface area (Å²) >= 11 is 0. The van der Waals surface area contributed by atoms with Gasteiger partial charge in [0, 0.05) is 40.3 Å². The molecule has 0 bridgehead atoms. The Labute approximate surface area is 201 Å². The quantitative estimate of drug-likeness (QED) is 0.255. The summed E-state index contributed by atoms with van der Waals surface area (Å²) in [7, 11) is 0. The highest BCUT2D eigenvalue weighted by Crippen LogP contribution is 2.33. The molecule has 0 aliphatic heterocycles. The fourth-order valence-electron chi connectivity index (χ4n) is 3.68. The van der Waals surface area contributed by atoms with Crippen LogP contribution in [0.5, 0.6) is 0 Å². The molecule has 0 unspecified atom stereocenters. The van der Waals surface area contributed by atoms with E-state index in [0.717, 1.165) is 11.5 Å². The summed E-state index contributed by atoms with van der Waals surface area (Å²) in [4.78, 5) is 28.6. The second-order valence-corrected chi connectivity index (χ2v) is 7.71. The van der Waals surface area contributed by atoms with Crippen LogP contribution >= 0.6 is 0 Å². The molecule has 5 aromatic rings. The third kappa shape index (κ3) is 4.58. The van der Waals surface area contributed by atoms with Crippen molar-refractivity contribution in [2.75, 3.05) is 10.6 Å². The summed E-state index contributed by atoms with van der Waals surface area (Å²) in [5.41, 5.74) is 1.09. The molecule has 0 aliphatic carbocycles. The number of alkyl halides is 3. The molecule has 0 saturated carbocycles. The van der Waals surface area contributed by atoms with Crippen molar-refractivity contribution in [3.05, 3.63) is 96.3 Å². The van der Waals surface area contributed by atoms with Crippen molar-refractivity contribution >= 4 is 34.1 Å². The molecule has 0 atom stereocenters. The van der Waals surface area contributed by atoms with Crippen LogP contribution in [0.4, 0.5) is 34.8 Å². The van der Waals surface area contributed by atoms with Gasteiger partial charge in [0.1, 0.15) is 23.6 Å². The Hall–Kier alpha value is -4.80. The number of carbonyl (C=O) groups excluding carboxylic acids is 1. The van der Waals surface area contributed by atoms with Gasteiger partial charge >= 0.3 is 6.18 Å². The number of benzene rings is 2. The van der Waals surface area contributed by atoms with E-state index in [9.17, 15) is 22.4 Å². The lowest BCUT2D eigenvalue weighted by Gasteiger charge is -2.13. The Bertz CT molecular complexity index is 1580. The maximum Gasteiger partial charge on any atom is 0.419 e. The number of hydrogen-bond acceptors (Lipinski definition) is 5. The van der Waals surface area contributed by atoms with E-state index in [-0.39, 0.29) is 5.56 Å². The second kappa shape index (κ2) is 9.10. The van der Waals surface area contributed by atoms with E-state index in [4.69, 9.17) is 0 Å².